The highest BCUT2D eigenvalue weighted by Crippen LogP contribution is 2.37. The van der Waals surface area contributed by atoms with E-state index in [1.807, 2.05) is 13.0 Å². The SMILES string of the molecule is C=C(C)CSCc1c(Oc2ccc(F)c(C(=N)N)c2)c(F)cc2[nH]ccc12. The Balaban J connectivity index is 2.02. The van der Waals surface area contributed by atoms with Gasteiger partial charge in [-0.25, -0.2) is 8.78 Å². The molecule has 3 rings (SSSR count). The van der Waals surface area contributed by atoms with Crippen LogP contribution in [0.15, 0.2) is 48.7 Å². The van der Waals surface area contributed by atoms with E-state index in [2.05, 4.69) is 11.6 Å². The zero-order valence-corrected chi connectivity index (χ0v) is 15.6. The van der Waals surface area contributed by atoms with Gasteiger partial charge in [0.25, 0.3) is 0 Å². The molecule has 0 saturated heterocycles. The van der Waals surface area contributed by atoms with Crippen LogP contribution in [-0.2, 0) is 5.75 Å². The molecule has 140 valence electrons. The third-order valence-corrected chi connectivity index (χ3v) is 5.10. The molecule has 4 nitrogen and oxygen atoms in total. The van der Waals surface area contributed by atoms with Crippen molar-refractivity contribution in [1.82, 2.24) is 4.98 Å². The summed E-state index contributed by atoms with van der Waals surface area (Å²) in [7, 11) is 0. The fourth-order valence-corrected chi connectivity index (χ4v) is 3.64. The molecule has 0 amide bonds. The predicted molar refractivity (Wildman–Crippen MR) is 107 cm³/mol. The van der Waals surface area contributed by atoms with Gasteiger partial charge in [-0.1, -0.05) is 12.2 Å². The van der Waals surface area contributed by atoms with Crippen LogP contribution in [0.5, 0.6) is 11.5 Å². The van der Waals surface area contributed by atoms with Crippen LogP contribution < -0.4 is 10.5 Å². The lowest BCUT2D eigenvalue weighted by atomic mass is 10.1. The monoisotopic (exact) mass is 387 g/mol. The lowest BCUT2D eigenvalue weighted by Crippen LogP contribution is -2.13. The van der Waals surface area contributed by atoms with Crippen LogP contribution in [-0.4, -0.2) is 16.6 Å². The topological polar surface area (TPSA) is 74.9 Å². The highest BCUT2D eigenvalue weighted by atomic mass is 32.2. The number of aromatic amines is 1. The number of nitrogens with one attached hydrogen (secondary N) is 2. The predicted octanol–water partition coefficient (Wildman–Crippen LogP) is 5.33. The van der Waals surface area contributed by atoms with E-state index in [9.17, 15) is 8.78 Å². The Hall–Kier alpha value is -2.80. The number of amidine groups is 1. The van der Waals surface area contributed by atoms with Gasteiger partial charge < -0.3 is 15.5 Å². The number of benzene rings is 2. The summed E-state index contributed by atoms with van der Waals surface area (Å²) in [5, 5.41) is 8.30. The maximum atomic E-state index is 14.8. The Morgan fingerprint density at radius 2 is 2.04 bits per heavy atom. The summed E-state index contributed by atoms with van der Waals surface area (Å²) in [6, 6.07) is 7.06. The molecular weight excluding hydrogens is 368 g/mol. The molecule has 3 aromatic rings. The Labute approximate surface area is 159 Å². The molecule has 2 aromatic carbocycles. The van der Waals surface area contributed by atoms with Crippen molar-refractivity contribution >= 4 is 28.5 Å². The van der Waals surface area contributed by atoms with Gasteiger partial charge in [0.2, 0.25) is 0 Å². The van der Waals surface area contributed by atoms with Crippen LogP contribution in [0.1, 0.15) is 18.1 Å². The summed E-state index contributed by atoms with van der Waals surface area (Å²) in [4.78, 5) is 3.01. The highest BCUT2D eigenvalue weighted by molar-refractivity contribution is 7.98. The molecule has 0 radical (unpaired) electrons. The third kappa shape index (κ3) is 4.14. The smallest absolute Gasteiger partial charge is 0.168 e. The number of thioether (sulfide) groups is 1. The quantitative estimate of drug-likeness (QED) is 0.291. The Bertz CT molecular complexity index is 1030. The number of hydrogen-bond acceptors (Lipinski definition) is 3. The molecule has 0 fully saturated rings. The fourth-order valence-electron chi connectivity index (χ4n) is 2.70. The molecule has 0 saturated carbocycles. The van der Waals surface area contributed by atoms with Gasteiger partial charge >= 0.3 is 0 Å². The first-order chi connectivity index (χ1) is 12.9. The Kier molecular flexibility index (Phi) is 5.51. The first-order valence-corrected chi connectivity index (χ1v) is 9.34. The number of hydrogen-bond donors (Lipinski definition) is 3. The van der Waals surface area contributed by atoms with Crippen LogP contribution in [0.3, 0.4) is 0 Å². The van der Waals surface area contributed by atoms with E-state index in [0.29, 0.717) is 16.8 Å². The van der Waals surface area contributed by atoms with Crippen molar-refractivity contribution in [1.29, 1.82) is 5.41 Å². The highest BCUT2D eigenvalue weighted by Gasteiger charge is 2.18. The lowest BCUT2D eigenvalue weighted by molar-refractivity contribution is 0.438. The maximum Gasteiger partial charge on any atom is 0.168 e. The molecule has 1 aromatic heterocycles. The Morgan fingerprint density at radius 1 is 1.26 bits per heavy atom. The number of nitrogen functional groups attached to an aromatic ring is 1. The van der Waals surface area contributed by atoms with E-state index in [0.717, 1.165) is 22.8 Å². The minimum absolute atomic E-state index is 0.0809. The van der Waals surface area contributed by atoms with Crippen molar-refractivity contribution in [2.75, 3.05) is 5.75 Å². The minimum atomic E-state index is -0.631. The van der Waals surface area contributed by atoms with E-state index in [-0.39, 0.29) is 17.1 Å². The van der Waals surface area contributed by atoms with Crippen LogP contribution in [0.4, 0.5) is 8.78 Å². The van der Waals surface area contributed by atoms with Gasteiger partial charge in [-0.2, -0.15) is 11.8 Å². The van der Waals surface area contributed by atoms with E-state index in [1.54, 1.807) is 18.0 Å². The van der Waals surface area contributed by atoms with E-state index >= 15 is 0 Å². The lowest BCUT2D eigenvalue weighted by Gasteiger charge is -2.14. The third-order valence-electron chi connectivity index (χ3n) is 3.91. The number of aromatic nitrogens is 1. The van der Waals surface area contributed by atoms with Crippen molar-refractivity contribution in [3.63, 3.8) is 0 Å². The van der Waals surface area contributed by atoms with Crippen LogP contribution in [0, 0.1) is 17.0 Å². The summed E-state index contributed by atoms with van der Waals surface area (Å²) in [6.45, 7) is 5.82. The number of H-pyrrole nitrogens is 1. The van der Waals surface area contributed by atoms with Crippen molar-refractivity contribution in [3.8, 4) is 11.5 Å². The van der Waals surface area contributed by atoms with E-state index in [4.69, 9.17) is 15.9 Å². The van der Waals surface area contributed by atoms with Crippen molar-refractivity contribution in [3.05, 3.63) is 71.4 Å². The number of ether oxygens (including phenoxy) is 1. The van der Waals surface area contributed by atoms with Crippen molar-refractivity contribution < 1.29 is 13.5 Å². The second-order valence-electron chi connectivity index (χ2n) is 6.21. The molecule has 4 N–H and O–H groups in total. The van der Waals surface area contributed by atoms with Gasteiger partial charge in [-0.15, -0.1) is 0 Å². The first-order valence-electron chi connectivity index (χ1n) is 8.19. The molecule has 27 heavy (non-hydrogen) atoms. The molecule has 0 aliphatic carbocycles. The Morgan fingerprint density at radius 3 is 2.74 bits per heavy atom. The van der Waals surface area contributed by atoms with E-state index < -0.39 is 17.5 Å². The zero-order chi connectivity index (χ0) is 19.6. The zero-order valence-electron chi connectivity index (χ0n) is 14.7. The summed E-state index contributed by atoms with van der Waals surface area (Å²) in [5.41, 5.74) is 7.70. The summed E-state index contributed by atoms with van der Waals surface area (Å²) < 4.78 is 34.3. The average Bonchev–Trinajstić information content (AvgIpc) is 3.06. The number of halogens is 2. The molecule has 0 aliphatic rings. The first kappa shape index (κ1) is 19.0. The normalized spacial score (nSPS) is 10.9. The second kappa shape index (κ2) is 7.84. The fraction of sp³-hybridized carbons (Fsp3) is 0.150. The molecular formula is C20H19F2N3OS. The number of nitrogens with two attached hydrogens (primary N) is 1. The van der Waals surface area contributed by atoms with Crippen molar-refractivity contribution in [2.24, 2.45) is 5.73 Å². The minimum Gasteiger partial charge on any atom is -0.454 e. The molecule has 1 heterocycles. The van der Waals surface area contributed by atoms with Gasteiger partial charge in [0.05, 0.1) is 5.56 Å². The molecule has 0 spiro atoms. The molecule has 0 bridgehead atoms. The van der Waals surface area contributed by atoms with Crippen LogP contribution in [0.25, 0.3) is 10.9 Å². The average molecular weight is 387 g/mol. The van der Waals surface area contributed by atoms with Gasteiger partial charge in [0.15, 0.2) is 11.6 Å². The van der Waals surface area contributed by atoms with Gasteiger partial charge in [-0.3, -0.25) is 5.41 Å². The number of fused-ring (bicyclic) bond motifs is 1. The summed E-state index contributed by atoms with van der Waals surface area (Å²) in [6.07, 6.45) is 1.74. The molecule has 0 atom stereocenters. The number of rotatable bonds is 7. The second-order valence-corrected chi connectivity index (χ2v) is 7.20. The summed E-state index contributed by atoms with van der Waals surface area (Å²) in [5.74, 6) is -0.0176. The van der Waals surface area contributed by atoms with Gasteiger partial charge in [-0.05, 0) is 31.2 Å². The standard InChI is InChI=1S/C20H19F2N3OS/c1-11(2)9-27-10-15-13-5-6-25-18(13)8-17(22)19(15)26-12-3-4-16(21)14(7-12)20(23)24/h3-8,25H,1,9-10H2,2H3,(H3,23,24). The maximum absolute atomic E-state index is 14.8. The molecule has 0 unspecified atom stereocenters. The van der Waals surface area contributed by atoms with Gasteiger partial charge in [0, 0.05) is 40.2 Å². The van der Waals surface area contributed by atoms with E-state index in [1.165, 1.54) is 18.2 Å². The largest absolute Gasteiger partial charge is 0.454 e. The van der Waals surface area contributed by atoms with Crippen LogP contribution in [0.2, 0.25) is 0 Å². The molecule has 7 heteroatoms. The van der Waals surface area contributed by atoms with Crippen molar-refractivity contribution in [2.45, 2.75) is 12.7 Å². The van der Waals surface area contributed by atoms with Gasteiger partial charge in [0.1, 0.15) is 17.4 Å². The molecule has 0 aliphatic heterocycles. The van der Waals surface area contributed by atoms with Crippen LogP contribution >= 0.6 is 11.8 Å². The summed E-state index contributed by atoms with van der Waals surface area (Å²) >= 11 is 1.60.